The maximum atomic E-state index is 12.6. The van der Waals surface area contributed by atoms with Gasteiger partial charge in [-0.1, -0.05) is 6.07 Å². The molecule has 1 amide bonds. The fourth-order valence-electron chi connectivity index (χ4n) is 2.40. The molecular weight excluding hydrogens is 568 g/mol. The summed E-state index contributed by atoms with van der Waals surface area (Å²) >= 11 is 3.36. The fraction of sp³-hybridized carbons (Fsp3) is 0.231. The summed E-state index contributed by atoms with van der Waals surface area (Å²) < 4.78 is 19.1. The van der Waals surface area contributed by atoms with E-state index in [1.165, 1.54) is 27.3 Å². The van der Waals surface area contributed by atoms with Gasteiger partial charge in [0.1, 0.15) is 4.90 Å². The molecule has 1 N–H and O–H groups in total. The van der Waals surface area contributed by atoms with E-state index in [0.29, 0.717) is 3.57 Å². The van der Waals surface area contributed by atoms with Gasteiger partial charge in [0.25, 0.3) is 5.91 Å². The first kappa shape index (κ1) is 19.2. The normalized spacial score (nSPS) is 21.6. The number of carbonyl (C=O) groups excluding carboxylic acids is 4. The molecule has 0 fully saturated rings. The maximum Gasteiger partial charge on any atom is 0.319 e. The number of nitrogens with one attached hydrogen (secondary N) is 1. The van der Waals surface area contributed by atoms with Gasteiger partial charge in [0.15, 0.2) is 6.49 Å². The van der Waals surface area contributed by atoms with Crippen LogP contribution in [0.5, 0.6) is 0 Å². The summed E-state index contributed by atoms with van der Waals surface area (Å²) in [7, 11) is 0. The topological polar surface area (TPSA) is 108 Å². The SMILES string of the molecule is CC(=O)OS1(I)(OC(C)=O)(OC(C)=O)NC(=O)c2c(I)cccc21. The van der Waals surface area contributed by atoms with E-state index in [0.717, 1.165) is 20.8 Å². The average Bonchev–Trinajstić information content (AvgIpc) is 2.53. The lowest BCUT2D eigenvalue weighted by atomic mass is 10.2. The second-order valence-corrected chi connectivity index (χ2v) is 15.4. The minimum absolute atomic E-state index is 0.00639. The molecule has 11 heteroatoms. The molecule has 8 nitrogen and oxygen atoms in total. The van der Waals surface area contributed by atoms with E-state index >= 15 is 0 Å². The zero-order valence-corrected chi connectivity index (χ0v) is 17.9. The fourth-order valence-corrected chi connectivity index (χ4v) is 10.9. The highest BCUT2D eigenvalue weighted by atomic mass is 127. The van der Waals surface area contributed by atoms with Crippen LogP contribution in [0.1, 0.15) is 31.1 Å². The molecule has 1 aromatic carbocycles. The smallest absolute Gasteiger partial charge is 0.319 e. The molecule has 0 bridgehead atoms. The van der Waals surface area contributed by atoms with Crippen LogP contribution in [0, 0.1) is 3.57 Å². The van der Waals surface area contributed by atoms with Gasteiger partial charge in [-0.3, -0.25) is 19.2 Å². The Morgan fingerprint density at radius 3 is 1.88 bits per heavy atom. The van der Waals surface area contributed by atoms with Gasteiger partial charge in [0.2, 0.25) is 0 Å². The van der Waals surface area contributed by atoms with Gasteiger partial charge in [-0.15, -0.1) is 0 Å². The van der Waals surface area contributed by atoms with Crippen LogP contribution in [0.3, 0.4) is 0 Å². The Kier molecular flexibility index (Phi) is 4.37. The third-order valence-corrected chi connectivity index (χ3v) is 11.2. The van der Waals surface area contributed by atoms with Gasteiger partial charge in [0, 0.05) is 24.3 Å². The second-order valence-electron chi connectivity index (χ2n) is 4.92. The molecule has 0 atom stereocenters. The predicted octanol–water partition coefficient (Wildman–Crippen LogP) is 2.97. The van der Waals surface area contributed by atoms with Crippen molar-refractivity contribution in [2.75, 3.05) is 0 Å². The van der Waals surface area contributed by atoms with E-state index in [-0.39, 0.29) is 10.5 Å². The third-order valence-electron chi connectivity index (χ3n) is 2.87. The largest absolute Gasteiger partial charge is 0.351 e. The van der Waals surface area contributed by atoms with Crippen LogP contribution in [0.4, 0.5) is 0 Å². The number of benzene rings is 1. The Labute approximate surface area is 162 Å². The molecule has 1 aliphatic rings. The molecule has 1 heterocycles. The second kappa shape index (κ2) is 5.45. The van der Waals surface area contributed by atoms with Gasteiger partial charge in [-0.2, -0.15) is 0 Å². The van der Waals surface area contributed by atoms with Crippen LogP contribution in [0.15, 0.2) is 23.1 Å². The Hall–Kier alpha value is -1.09. The zero-order valence-electron chi connectivity index (χ0n) is 12.8. The van der Waals surface area contributed by atoms with Gasteiger partial charge in [0.05, 0.1) is 26.8 Å². The highest BCUT2D eigenvalue weighted by molar-refractivity contribution is 14.2. The lowest BCUT2D eigenvalue weighted by Crippen LogP contribution is -2.49. The van der Waals surface area contributed by atoms with Crippen molar-refractivity contribution in [2.45, 2.75) is 25.7 Å². The first-order valence-electron chi connectivity index (χ1n) is 6.42. The van der Waals surface area contributed by atoms with Crippen molar-refractivity contribution in [3.63, 3.8) is 0 Å². The number of halogens is 2. The molecule has 132 valence electrons. The number of carbonyl (C=O) groups is 4. The van der Waals surface area contributed by atoms with Gasteiger partial charge < -0.3 is 12.5 Å². The molecule has 0 aliphatic carbocycles. The minimum atomic E-state index is -5.54. The molecule has 2 rings (SSSR count). The van der Waals surface area contributed by atoms with Crippen molar-refractivity contribution in [3.8, 4) is 0 Å². The highest BCUT2D eigenvalue weighted by Gasteiger charge is 2.74. The molecule has 0 aromatic heterocycles. The van der Waals surface area contributed by atoms with Gasteiger partial charge in [-0.05, 0) is 34.7 Å². The van der Waals surface area contributed by atoms with Crippen LogP contribution in [0.2, 0.25) is 0 Å². The minimum Gasteiger partial charge on any atom is -0.351 e. The van der Waals surface area contributed by atoms with E-state index in [1.54, 1.807) is 12.1 Å². The lowest BCUT2D eigenvalue weighted by molar-refractivity contribution is -0.140. The van der Waals surface area contributed by atoms with E-state index in [2.05, 4.69) is 4.72 Å². The number of hydrogen-bond acceptors (Lipinski definition) is 7. The summed E-state index contributed by atoms with van der Waals surface area (Å²) in [4.78, 5) is 48.1. The van der Waals surface area contributed by atoms with E-state index in [1.807, 2.05) is 22.6 Å². The lowest BCUT2D eigenvalue weighted by Gasteiger charge is -2.66. The summed E-state index contributed by atoms with van der Waals surface area (Å²) in [6.07, 6.45) is 0. The summed E-state index contributed by atoms with van der Waals surface area (Å²) in [6.45, 7) is -2.38. The summed E-state index contributed by atoms with van der Waals surface area (Å²) in [5.74, 6) is -3.39. The van der Waals surface area contributed by atoms with Crippen molar-refractivity contribution >= 4 is 74.1 Å². The summed E-state index contributed by atoms with van der Waals surface area (Å²) in [5, 5.41) is 0. The Morgan fingerprint density at radius 1 is 1.00 bits per heavy atom. The molecule has 24 heavy (non-hydrogen) atoms. The molecular formula is C13H13I2NO7S. The zero-order chi connectivity index (χ0) is 18.4. The molecule has 0 spiro atoms. The van der Waals surface area contributed by atoms with E-state index in [4.69, 9.17) is 12.5 Å². The summed E-state index contributed by atoms with van der Waals surface area (Å²) in [5.41, 5.74) is 0.109. The van der Waals surface area contributed by atoms with Crippen molar-refractivity contribution in [1.29, 1.82) is 0 Å². The van der Waals surface area contributed by atoms with Crippen LogP contribution < -0.4 is 4.72 Å². The molecule has 0 saturated carbocycles. The first-order chi connectivity index (χ1) is 10.9. The Bertz CT molecular complexity index is 778. The number of hydrogen-bond donors (Lipinski definition) is 1. The van der Waals surface area contributed by atoms with Gasteiger partial charge >= 0.3 is 17.9 Å². The Balaban J connectivity index is 3.02. The quantitative estimate of drug-likeness (QED) is 0.548. The molecule has 1 aliphatic heterocycles. The van der Waals surface area contributed by atoms with Crippen LogP contribution in [0.25, 0.3) is 0 Å². The maximum absolute atomic E-state index is 12.6. The van der Waals surface area contributed by atoms with Crippen molar-refractivity contribution in [1.82, 2.24) is 4.72 Å². The van der Waals surface area contributed by atoms with Gasteiger partial charge in [-0.25, -0.2) is 4.72 Å². The predicted molar refractivity (Wildman–Crippen MR) is 102 cm³/mol. The third kappa shape index (κ3) is 2.75. The molecule has 0 unspecified atom stereocenters. The highest BCUT2D eigenvalue weighted by Crippen LogP contribution is 3.01. The Morgan fingerprint density at radius 2 is 1.46 bits per heavy atom. The summed E-state index contributed by atoms with van der Waals surface area (Å²) in [6, 6.07) is 4.62. The van der Waals surface area contributed by atoms with Crippen molar-refractivity contribution in [2.24, 2.45) is 0 Å². The molecule has 0 radical (unpaired) electrons. The van der Waals surface area contributed by atoms with Crippen LogP contribution in [-0.2, 0) is 26.9 Å². The number of fused-ring (bicyclic) bond motifs is 1. The van der Waals surface area contributed by atoms with Crippen LogP contribution in [-0.4, -0.2) is 23.8 Å². The number of rotatable bonds is 3. The first-order valence-corrected chi connectivity index (χ1v) is 12.3. The van der Waals surface area contributed by atoms with Crippen molar-refractivity contribution < 1.29 is 31.7 Å². The van der Waals surface area contributed by atoms with E-state index < -0.39 is 30.3 Å². The monoisotopic (exact) mass is 581 g/mol. The van der Waals surface area contributed by atoms with E-state index in [9.17, 15) is 19.2 Å². The molecule has 1 aromatic rings. The average molecular weight is 581 g/mol. The number of amides is 1. The molecule has 0 saturated heterocycles. The standard InChI is InChI=1S/C13H13I2NO7S/c1-7(17)21-24(15,22-8(2)18,23-9(3)19)11-6-4-5-10(14)12(11)13(20)16-24/h4-6H,1-3H3,(H,16,20). The van der Waals surface area contributed by atoms with Crippen molar-refractivity contribution in [3.05, 3.63) is 27.3 Å². The van der Waals surface area contributed by atoms with Crippen LogP contribution >= 0.6 is 50.3 Å².